The quantitative estimate of drug-likeness (QED) is 0.756. The maximum atomic E-state index is 12.9. The molecule has 1 aliphatic heterocycles. The van der Waals surface area contributed by atoms with E-state index in [2.05, 4.69) is 0 Å². The second-order valence-electron chi connectivity index (χ2n) is 7.67. The Morgan fingerprint density at radius 3 is 2.32 bits per heavy atom. The zero-order valence-corrected chi connectivity index (χ0v) is 16.4. The van der Waals surface area contributed by atoms with Crippen molar-refractivity contribution in [1.82, 2.24) is 5.06 Å². The highest BCUT2D eigenvalue weighted by Gasteiger charge is 2.50. The van der Waals surface area contributed by atoms with Crippen molar-refractivity contribution in [3.05, 3.63) is 40.1 Å². The molecular weight excluding hydrogens is 342 g/mol. The number of amides is 1. The first-order valence-electron chi connectivity index (χ1n) is 8.03. The Hall–Kier alpha value is -1.85. The third-order valence-corrected chi connectivity index (χ3v) is 4.39. The van der Waals surface area contributed by atoms with Crippen LogP contribution < -0.4 is 0 Å². The van der Waals surface area contributed by atoms with Crippen LogP contribution in [0, 0.1) is 12.3 Å². The van der Waals surface area contributed by atoms with Gasteiger partial charge in [0.05, 0.1) is 18.1 Å². The molecule has 0 bridgehead atoms. The van der Waals surface area contributed by atoms with Crippen LogP contribution in [0.1, 0.15) is 45.7 Å². The van der Waals surface area contributed by atoms with Crippen molar-refractivity contribution in [2.24, 2.45) is 5.41 Å². The van der Waals surface area contributed by atoms with E-state index < -0.39 is 22.8 Å². The number of ether oxygens (including phenoxy) is 1. The number of hydroxylamine groups is 2. The van der Waals surface area contributed by atoms with Crippen molar-refractivity contribution < 1.29 is 19.2 Å². The molecule has 0 atom stereocenters. The van der Waals surface area contributed by atoms with Gasteiger partial charge in [0.25, 0.3) is 5.91 Å². The summed E-state index contributed by atoms with van der Waals surface area (Å²) in [6.45, 7) is 10.7. The van der Waals surface area contributed by atoms with Crippen molar-refractivity contribution in [2.75, 3.05) is 7.11 Å². The lowest BCUT2D eigenvalue weighted by Crippen LogP contribution is -2.43. The van der Waals surface area contributed by atoms with E-state index in [9.17, 15) is 9.59 Å². The molecule has 2 rings (SSSR count). The topological polar surface area (TPSA) is 55.8 Å². The third kappa shape index (κ3) is 3.44. The predicted molar refractivity (Wildman–Crippen MR) is 96.6 cm³/mol. The van der Waals surface area contributed by atoms with Crippen LogP contribution in [-0.2, 0) is 19.2 Å². The molecule has 1 aromatic carbocycles. The normalized spacial score (nSPS) is 17.3. The monoisotopic (exact) mass is 365 g/mol. The first kappa shape index (κ1) is 19.5. The van der Waals surface area contributed by atoms with Gasteiger partial charge in [0.2, 0.25) is 0 Å². The molecular formula is C19H24ClNO4. The maximum absolute atomic E-state index is 12.9. The van der Waals surface area contributed by atoms with E-state index in [0.717, 1.165) is 5.56 Å². The van der Waals surface area contributed by atoms with Gasteiger partial charge >= 0.3 is 5.97 Å². The minimum absolute atomic E-state index is 0.241. The van der Waals surface area contributed by atoms with Gasteiger partial charge in [0.1, 0.15) is 11.3 Å². The summed E-state index contributed by atoms with van der Waals surface area (Å²) in [4.78, 5) is 30.6. The van der Waals surface area contributed by atoms with Crippen LogP contribution in [0.4, 0.5) is 0 Å². The smallest absolute Gasteiger partial charge is 0.316 e. The lowest BCUT2D eigenvalue weighted by Gasteiger charge is -2.31. The lowest BCUT2D eigenvalue weighted by molar-refractivity contribution is -0.192. The molecule has 0 saturated heterocycles. The van der Waals surface area contributed by atoms with E-state index in [-0.39, 0.29) is 11.3 Å². The Balaban J connectivity index is 2.67. The van der Waals surface area contributed by atoms with Crippen LogP contribution in [0.3, 0.4) is 0 Å². The first-order chi connectivity index (χ1) is 11.4. The van der Waals surface area contributed by atoms with Gasteiger partial charge in [0, 0.05) is 10.6 Å². The van der Waals surface area contributed by atoms with E-state index in [1.807, 2.05) is 13.0 Å². The molecule has 6 heteroatoms. The van der Waals surface area contributed by atoms with Gasteiger partial charge in [-0.25, -0.2) is 5.06 Å². The number of benzene rings is 1. The van der Waals surface area contributed by atoms with E-state index in [1.165, 1.54) is 12.2 Å². The second-order valence-corrected chi connectivity index (χ2v) is 8.08. The fourth-order valence-corrected chi connectivity index (χ4v) is 2.97. The summed E-state index contributed by atoms with van der Waals surface area (Å²) in [7, 11) is 1.41. The number of esters is 1. The number of halogens is 1. The molecule has 0 aliphatic carbocycles. The van der Waals surface area contributed by atoms with E-state index in [4.69, 9.17) is 21.2 Å². The SMILES string of the molecule is CON1C(=O)C(c2ccc(C)cc2Cl)=C(OC(=O)C(C)(C)C)C1(C)C. The third-order valence-electron chi connectivity index (χ3n) is 4.07. The van der Waals surface area contributed by atoms with Crippen molar-refractivity contribution in [3.8, 4) is 0 Å². The number of carbonyl (C=O) groups excluding carboxylic acids is 2. The fraction of sp³-hybridized carbons (Fsp3) is 0.474. The van der Waals surface area contributed by atoms with Gasteiger partial charge in [-0.1, -0.05) is 23.7 Å². The Morgan fingerprint density at radius 1 is 1.24 bits per heavy atom. The summed E-state index contributed by atoms with van der Waals surface area (Å²) in [5, 5.41) is 1.62. The minimum atomic E-state index is -0.948. The standard InChI is InChI=1S/C19H24ClNO4/c1-11-8-9-12(13(20)10-11)14-15(25-17(23)18(2,3)4)19(5,6)21(24-7)16(14)22/h8-10H,1-7H3. The highest BCUT2D eigenvalue weighted by Crippen LogP contribution is 2.43. The van der Waals surface area contributed by atoms with E-state index >= 15 is 0 Å². The first-order valence-corrected chi connectivity index (χ1v) is 8.41. The van der Waals surface area contributed by atoms with Crippen molar-refractivity contribution in [1.29, 1.82) is 0 Å². The molecule has 136 valence electrons. The zero-order chi connectivity index (χ0) is 19.2. The number of carbonyl (C=O) groups is 2. The van der Waals surface area contributed by atoms with Crippen LogP contribution in [0.25, 0.3) is 5.57 Å². The summed E-state index contributed by atoms with van der Waals surface area (Å²) < 4.78 is 5.69. The van der Waals surface area contributed by atoms with Crippen LogP contribution in [0.15, 0.2) is 24.0 Å². The second kappa shape index (κ2) is 6.46. The highest BCUT2D eigenvalue weighted by molar-refractivity contribution is 6.35. The van der Waals surface area contributed by atoms with Gasteiger partial charge in [-0.2, -0.15) is 0 Å². The number of aryl methyl sites for hydroxylation is 1. The van der Waals surface area contributed by atoms with Crippen LogP contribution in [0.2, 0.25) is 5.02 Å². The Labute approximate surface area is 153 Å². The maximum Gasteiger partial charge on any atom is 0.316 e. The van der Waals surface area contributed by atoms with Gasteiger partial charge in [0.15, 0.2) is 0 Å². The number of nitrogens with zero attached hydrogens (tertiary/aromatic N) is 1. The van der Waals surface area contributed by atoms with Crippen LogP contribution >= 0.6 is 11.6 Å². The van der Waals surface area contributed by atoms with E-state index in [0.29, 0.717) is 10.6 Å². The average Bonchev–Trinajstić information content (AvgIpc) is 2.65. The molecule has 0 radical (unpaired) electrons. The summed E-state index contributed by atoms with van der Waals surface area (Å²) >= 11 is 6.36. The van der Waals surface area contributed by atoms with E-state index in [1.54, 1.807) is 46.8 Å². The lowest BCUT2D eigenvalue weighted by atomic mass is 9.95. The molecule has 0 unspecified atom stereocenters. The molecule has 0 N–H and O–H groups in total. The summed E-state index contributed by atoms with van der Waals surface area (Å²) in [5.74, 6) is -0.581. The van der Waals surface area contributed by atoms with Crippen LogP contribution in [-0.4, -0.2) is 29.6 Å². The highest BCUT2D eigenvalue weighted by atomic mass is 35.5. The van der Waals surface area contributed by atoms with Gasteiger partial charge in [-0.05, 0) is 53.2 Å². The molecule has 1 aromatic rings. The van der Waals surface area contributed by atoms with Crippen molar-refractivity contribution >= 4 is 29.1 Å². The Bertz CT molecular complexity index is 759. The Kier molecular flexibility index (Phi) is 5.04. The molecule has 1 heterocycles. The molecule has 5 nitrogen and oxygen atoms in total. The summed E-state index contributed by atoms with van der Waals surface area (Å²) in [6, 6.07) is 5.38. The van der Waals surface area contributed by atoms with Crippen molar-refractivity contribution in [3.63, 3.8) is 0 Å². The van der Waals surface area contributed by atoms with Gasteiger partial charge in [-0.15, -0.1) is 0 Å². The van der Waals surface area contributed by atoms with Crippen LogP contribution in [0.5, 0.6) is 0 Å². The van der Waals surface area contributed by atoms with Gasteiger partial charge < -0.3 is 4.74 Å². The Morgan fingerprint density at radius 2 is 1.84 bits per heavy atom. The molecule has 0 fully saturated rings. The average molecular weight is 366 g/mol. The predicted octanol–water partition coefficient (Wildman–Crippen LogP) is 4.13. The molecule has 0 spiro atoms. The number of rotatable bonds is 3. The zero-order valence-electron chi connectivity index (χ0n) is 15.7. The minimum Gasteiger partial charge on any atom is -0.427 e. The fourth-order valence-electron chi connectivity index (χ4n) is 2.64. The largest absolute Gasteiger partial charge is 0.427 e. The summed E-state index contributed by atoms with van der Waals surface area (Å²) in [5.41, 5.74) is 0.0670. The molecule has 0 saturated carbocycles. The number of hydrogen-bond donors (Lipinski definition) is 0. The molecule has 1 aliphatic rings. The summed E-state index contributed by atoms with van der Waals surface area (Å²) in [6.07, 6.45) is 0. The molecule has 1 amide bonds. The molecule has 25 heavy (non-hydrogen) atoms. The van der Waals surface area contributed by atoms with Crippen molar-refractivity contribution in [2.45, 2.75) is 47.1 Å². The number of hydrogen-bond acceptors (Lipinski definition) is 4. The van der Waals surface area contributed by atoms with Gasteiger partial charge in [-0.3, -0.25) is 14.4 Å². The molecule has 0 aromatic heterocycles.